The van der Waals surface area contributed by atoms with E-state index in [2.05, 4.69) is 29.3 Å². The number of benzene rings is 1. The number of hydrogen-bond acceptors (Lipinski definition) is 3. The number of carbonyl (C=O) groups excluding carboxylic acids is 1. The minimum atomic E-state index is 0. The van der Waals surface area contributed by atoms with Crippen LogP contribution in [0.25, 0.3) is 0 Å². The summed E-state index contributed by atoms with van der Waals surface area (Å²) < 4.78 is 0. The molecule has 0 radical (unpaired) electrons. The van der Waals surface area contributed by atoms with Crippen molar-refractivity contribution in [3.63, 3.8) is 0 Å². The molecular formula is C20H31Cl2N3O. The predicted molar refractivity (Wildman–Crippen MR) is 110 cm³/mol. The summed E-state index contributed by atoms with van der Waals surface area (Å²) in [6.07, 6.45) is 3.34. The lowest BCUT2D eigenvalue weighted by Crippen LogP contribution is -2.38. The van der Waals surface area contributed by atoms with Crippen molar-refractivity contribution < 1.29 is 4.79 Å². The Hall–Kier alpha value is -0.810. The summed E-state index contributed by atoms with van der Waals surface area (Å²) in [4.78, 5) is 17.4. The average molecular weight is 400 g/mol. The summed E-state index contributed by atoms with van der Waals surface area (Å²) in [5.74, 6) is 1.98. The van der Waals surface area contributed by atoms with Gasteiger partial charge in [0.2, 0.25) is 5.91 Å². The zero-order valence-corrected chi connectivity index (χ0v) is 17.1. The second-order valence-electron chi connectivity index (χ2n) is 7.58. The van der Waals surface area contributed by atoms with Crippen LogP contribution in [0.5, 0.6) is 0 Å². The predicted octanol–water partition coefficient (Wildman–Crippen LogP) is 2.95. The molecule has 146 valence electrons. The van der Waals surface area contributed by atoms with Crippen molar-refractivity contribution in [1.29, 1.82) is 0 Å². The molecule has 4 nitrogen and oxygen atoms in total. The molecule has 3 heterocycles. The van der Waals surface area contributed by atoms with Crippen LogP contribution in [0.1, 0.15) is 31.7 Å². The van der Waals surface area contributed by atoms with Crippen LogP contribution in [-0.4, -0.2) is 54.0 Å². The van der Waals surface area contributed by atoms with Gasteiger partial charge in [0, 0.05) is 38.1 Å². The van der Waals surface area contributed by atoms with E-state index >= 15 is 0 Å². The quantitative estimate of drug-likeness (QED) is 0.798. The van der Waals surface area contributed by atoms with Gasteiger partial charge in [-0.25, -0.2) is 0 Å². The molecule has 2 bridgehead atoms. The van der Waals surface area contributed by atoms with Gasteiger partial charge in [-0.3, -0.25) is 9.69 Å². The second-order valence-corrected chi connectivity index (χ2v) is 7.58. The number of fused-ring (bicyclic) bond motifs is 5. The molecule has 4 rings (SSSR count). The van der Waals surface area contributed by atoms with Gasteiger partial charge in [0.05, 0.1) is 0 Å². The molecule has 0 spiro atoms. The molecule has 3 saturated heterocycles. The van der Waals surface area contributed by atoms with Crippen LogP contribution in [0.4, 0.5) is 0 Å². The lowest BCUT2D eigenvalue weighted by molar-refractivity contribution is -0.132. The van der Waals surface area contributed by atoms with Gasteiger partial charge in [-0.1, -0.05) is 30.3 Å². The van der Waals surface area contributed by atoms with Crippen LogP contribution in [-0.2, 0) is 11.3 Å². The highest BCUT2D eigenvalue weighted by Crippen LogP contribution is 2.47. The van der Waals surface area contributed by atoms with Crippen LogP contribution in [0, 0.1) is 11.8 Å². The van der Waals surface area contributed by atoms with E-state index in [0.29, 0.717) is 12.3 Å². The van der Waals surface area contributed by atoms with E-state index in [4.69, 9.17) is 0 Å². The molecule has 4 atom stereocenters. The first-order valence-corrected chi connectivity index (χ1v) is 9.56. The van der Waals surface area contributed by atoms with E-state index in [1.54, 1.807) is 0 Å². The molecule has 0 aliphatic carbocycles. The van der Waals surface area contributed by atoms with Crippen LogP contribution < -0.4 is 5.32 Å². The minimum Gasteiger partial charge on any atom is -0.339 e. The normalized spacial score (nSPS) is 29.0. The fourth-order valence-electron chi connectivity index (χ4n) is 5.30. The highest BCUT2D eigenvalue weighted by Gasteiger charge is 2.54. The van der Waals surface area contributed by atoms with Crippen molar-refractivity contribution in [3.05, 3.63) is 35.9 Å². The van der Waals surface area contributed by atoms with E-state index in [9.17, 15) is 4.79 Å². The number of rotatable bonds is 6. The number of halogens is 2. The van der Waals surface area contributed by atoms with Gasteiger partial charge >= 0.3 is 0 Å². The Morgan fingerprint density at radius 1 is 1.12 bits per heavy atom. The zero-order chi connectivity index (χ0) is 16.5. The molecule has 0 saturated carbocycles. The van der Waals surface area contributed by atoms with E-state index in [0.717, 1.165) is 43.6 Å². The monoisotopic (exact) mass is 399 g/mol. The van der Waals surface area contributed by atoms with Crippen LogP contribution in [0.3, 0.4) is 0 Å². The van der Waals surface area contributed by atoms with Crippen molar-refractivity contribution in [2.45, 2.75) is 44.8 Å². The largest absolute Gasteiger partial charge is 0.339 e. The third kappa shape index (κ3) is 4.04. The lowest BCUT2D eigenvalue weighted by atomic mass is 9.82. The second kappa shape index (κ2) is 9.41. The molecular weight excluding hydrogens is 369 g/mol. The van der Waals surface area contributed by atoms with Gasteiger partial charge in [-0.15, -0.1) is 24.8 Å². The maximum atomic E-state index is 12.7. The number of amides is 1. The maximum absolute atomic E-state index is 12.7. The fraction of sp³-hybridized carbons (Fsp3) is 0.650. The Balaban J connectivity index is 0.00000121. The summed E-state index contributed by atoms with van der Waals surface area (Å²) in [5.41, 5.74) is 1.22. The van der Waals surface area contributed by atoms with Gasteiger partial charge < -0.3 is 10.2 Å². The highest BCUT2D eigenvalue weighted by molar-refractivity contribution is 5.85. The van der Waals surface area contributed by atoms with E-state index in [-0.39, 0.29) is 24.8 Å². The number of carbonyl (C=O) groups is 1. The van der Waals surface area contributed by atoms with Gasteiger partial charge in [0.1, 0.15) is 0 Å². The van der Waals surface area contributed by atoms with E-state index in [1.807, 2.05) is 23.1 Å². The molecule has 3 aliphatic rings. The molecule has 26 heavy (non-hydrogen) atoms. The third-order valence-electron chi connectivity index (χ3n) is 6.44. The van der Waals surface area contributed by atoms with Crippen LogP contribution in [0.2, 0.25) is 0 Å². The van der Waals surface area contributed by atoms with Crippen molar-refractivity contribution in [2.75, 3.05) is 26.2 Å². The third-order valence-corrected chi connectivity index (χ3v) is 6.44. The summed E-state index contributed by atoms with van der Waals surface area (Å²) in [5, 5.41) is 3.56. The van der Waals surface area contributed by atoms with Crippen molar-refractivity contribution in [3.8, 4) is 0 Å². The molecule has 1 aromatic carbocycles. The molecule has 1 N–H and O–H groups in total. The average Bonchev–Trinajstić information content (AvgIpc) is 3.30. The van der Waals surface area contributed by atoms with Crippen molar-refractivity contribution in [1.82, 2.24) is 15.1 Å². The molecule has 6 heteroatoms. The topological polar surface area (TPSA) is 35.6 Å². The molecule has 1 amide bonds. The minimum absolute atomic E-state index is 0. The van der Waals surface area contributed by atoms with Crippen LogP contribution in [0.15, 0.2) is 30.3 Å². The zero-order valence-electron chi connectivity index (χ0n) is 15.5. The Kier molecular flexibility index (Phi) is 7.77. The lowest BCUT2D eigenvalue weighted by Gasteiger charge is -2.26. The number of nitrogens with zero attached hydrogens (tertiary/aromatic N) is 2. The molecule has 1 aromatic rings. The van der Waals surface area contributed by atoms with Crippen molar-refractivity contribution >= 4 is 30.7 Å². The highest BCUT2D eigenvalue weighted by atomic mass is 35.5. The molecule has 3 aliphatic heterocycles. The van der Waals surface area contributed by atoms with Gasteiger partial charge in [0.25, 0.3) is 0 Å². The Bertz CT molecular complexity index is 568. The molecule has 3 fully saturated rings. The summed E-state index contributed by atoms with van der Waals surface area (Å²) in [6, 6.07) is 11.8. The van der Waals surface area contributed by atoms with Crippen LogP contribution >= 0.6 is 24.8 Å². The summed E-state index contributed by atoms with van der Waals surface area (Å²) >= 11 is 0. The van der Waals surface area contributed by atoms with Gasteiger partial charge in [-0.2, -0.15) is 0 Å². The summed E-state index contributed by atoms with van der Waals surface area (Å²) in [6.45, 7) is 6.92. The first kappa shape index (κ1) is 21.5. The van der Waals surface area contributed by atoms with E-state index in [1.165, 1.54) is 31.5 Å². The van der Waals surface area contributed by atoms with Gasteiger partial charge in [0.15, 0.2) is 0 Å². The van der Waals surface area contributed by atoms with Crippen molar-refractivity contribution in [2.24, 2.45) is 11.8 Å². The van der Waals surface area contributed by atoms with Gasteiger partial charge in [-0.05, 0) is 50.3 Å². The number of nitrogens with one attached hydrogen (secondary N) is 1. The maximum Gasteiger partial charge on any atom is 0.224 e. The smallest absolute Gasteiger partial charge is 0.224 e. The molecule has 0 aromatic heterocycles. The SMILES string of the molecule is CCN(Cc1ccccc1)C(=O)CCN1[C@@H]2CC[C@H]1[C@H]1CNC[C@H]12.Cl.Cl. The first-order valence-electron chi connectivity index (χ1n) is 9.56. The Labute approximate surface area is 169 Å². The van der Waals surface area contributed by atoms with E-state index < -0.39 is 0 Å². The Morgan fingerprint density at radius 2 is 1.73 bits per heavy atom. The standard InChI is InChI=1S/C20H29N3O.2ClH/c1-2-22(14-15-6-4-3-5-7-15)20(24)10-11-23-18-8-9-19(23)17-13-21-12-16(17)18;;/h3-7,16-19,21H,2,8-14H2,1H3;2*1H/t16-,17+,18-,19+;;. The number of hydrogen-bond donors (Lipinski definition) is 1. The molecule has 0 unspecified atom stereocenters. The Morgan fingerprint density at radius 3 is 2.31 bits per heavy atom. The first-order chi connectivity index (χ1) is 11.8. The summed E-state index contributed by atoms with van der Waals surface area (Å²) in [7, 11) is 0. The fourth-order valence-corrected chi connectivity index (χ4v) is 5.30.